The first kappa shape index (κ1) is 30.2. The lowest BCUT2D eigenvalue weighted by atomic mass is 9.63. The summed E-state index contributed by atoms with van der Waals surface area (Å²) in [7, 11) is -3.89. The second kappa shape index (κ2) is 12.1. The van der Waals surface area contributed by atoms with Gasteiger partial charge in [0.05, 0.1) is 16.5 Å². The standard InChI is InChI=1S/C32H43ClN2O5S/c1-21-7-6-15-32(3,37)28-13-10-25(28)19-35-16-5-4-8-23-17-27(33)12-9-26(23)20-40-30-14-11-24(18-29(30)35)31(36)34-41(38,39)22(21)2/h9,11-12,14,17-18,21-22,25,28,37H,4-8,10,13,15-16,19-20H2,1-3H3,(H,34,36)/t21-,22+,25-,28+,32+/m0/s1. The number of nitrogens with one attached hydrogen (secondary N) is 1. The maximum absolute atomic E-state index is 13.3. The zero-order valence-corrected chi connectivity index (χ0v) is 25.9. The van der Waals surface area contributed by atoms with Crippen LogP contribution in [0.15, 0.2) is 36.4 Å². The molecule has 2 bridgehead atoms. The summed E-state index contributed by atoms with van der Waals surface area (Å²) in [5.41, 5.74) is 2.51. The second-order valence-corrected chi connectivity index (χ2v) is 15.1. The van der Waals surface area contributed by atoms with E-state index >= 15 is 0 Å². The lowest BCUT2D eigenvalue weighted by Gasteiger charge is -2.48. The van der Waals surface area contributed by atoms with Crippen molar-refractivity contribution in [2.24, 2.45) is 17.8 Å². The van der Waals surface area contributed by atoms with Gasteiger partial charge in [-0.25, -0.2) is 13.1 Å². The van der Waals surface area contributed by atoms with Gasteiger partial charge in [-0.15, -0.1) is 0 Å². The molecule has 5 rings (SSSR count). The smallest absolute Gasteiger partial charge is 0.264 e. The van der Waals surface area contributed by atoms with Gasteiger partial charge < -0.3 is 14.7 Å². The molecule has 0 aromatic heterocycles. The molecule has 7 nitrogen and oxygen atoms in total. The van der Waals surface area contributed by atoms with Gasteiger partial charge in [0.25, 0.3) is 5.91 Å². The van der Waals surface area contributed by atoms with Crippen molar-refractivity contribution in [3.63, 3.8) is 0 Å². The van der Waals surface area contributed by atoms with Gasteiger partial charge in [0.15, 0.2) is 0 Å². The monoisotopic (exact) mass is 602 g/mol. The molecule has 224 valence electrons. The van der Waals surface area contributed by atoms with Crippen LogP contribution < -0.4 is 14.4 Å². The Balaban J connectivity index is 1.54. The van der Waals surface area contributed by atoms with E-state index in [9.17, 15) is 18.3 Å². The Labute approximate surface area is 249 Å². The summed E-state index contributed by atoms with van der Waals surface area (Å²) >= 11 is 6.31. The molecular weight excluding hydrogens is 560 g/mol. The topological polar surface area (TPSA) is 95.9 Å². The van der Waals surface area contributed by atoms with Crippen molar-refractivity contribution < 1.29 is 23.1 Å². The van der Waals surface area contributed by atoms with E-state index in [2.05, 4.69) is 9.62 Å². The van der Waals surface area contributed by atoms with Gasteiger partial charge in [0, 0.05) is 23.7 Å². The van der Waals surface area contributed by atoms with Crippen LogP contribution in [0.4, 0.5) is 5.69 Å². The molecule has 0 unspecified atom stereocenters. The molecule has 1 amide bonds. The van der Waals surface area contributed by atoms with Crippen LogP contribution in [0.2, 0.25) is 5.02 Å². The molecule has 0 radical (unpaired) electrons. The number of nitrogens with zero attached hydrogens (tertiary/aromatic N) is 1. The van der Waals surface area contributed by atoms with Crippen molar-refractivity contribution in [1.29, 1.82) is 0 Å². The Morgan fingerprint density at radius 1 is 1.05 bits per heavy atom. The summed E-state index contributed by atoms with van der Waals surface area (Å²) in [6.45, 7) is 7.37. The molecule has 2 heterocycles. The van der Waals surface area contributed by atoms with Gasteiger partial charge in [-0.1, -0.05) is 31.0 Å². The van der Waals surface area contributed by atoms with E-state index < -0.39 is 26.8 Å². The van der Waals surface area contributed by atoms with Gasteiger partial charge in [0.1, 0.15) is 12.4 Å². The molecule has 0 spiro atoms. The number of sulfonamides is 1. The average Bonchev–Trinajstić information content (AvgIpc) is 2.92. The van der Waals surface area contributed by atoms with Crippen LogP contribution in [0.3, 0.4) is 0 Å². The highest BCUT2D eigenvalue weighted by molar-refractivity contribution is 7.90. The molecule has 3 aliphatic rings. The largest absolute Gasteiger partial charge is 0.487 e. The summed E-state index contributed by atoms with van der Waals surface area (Å²) in [6.07, 6.45) is 6.85. The number of carbonyl (C=O) groups excluding carboxylic acids is 1. The zero-order valence-electron chi connectivity index (χ0n) is 24.4. The molecule has 2 aromatic carbocycles. The fourth-order valence-electron chi connectivity index (χ4n) is 6.76. The fourth-order valence-corrected chi connectivity index (χ4v) is 8.26. The summed E-state index contributed by atoms with van der Waals surface area (Å²) in [6, 6.07) is 11.1. The Morgan fingerprint density at radius 2 is 1.85 bits per heavy atom. The first-order chi connectivity index (χ1) is 19.4. The minimum absolute atomic E-state index is 0.157. The van der Waals surface area contributed by atoms with E-state index in [1.165, 1.54) is 5.56 Å². The number of hydrogen-bond acceptors (Lipinski definition) is 6. The van der Waals surface area contributed by atoms with E-state index in [1.54, 1.807) is 25.1 Å². The van der Waals surface area contributed by atoms with E-state index in [0.717, 1.165) is 62.9 Å². The summed E-state index contributed by atoms with van der Waals surface area (Å²) in [4.78, 5) is 15.6. The third kappa shape index (κ3) is 6.70. The summed E-state index contributed by atoms with van der Waals surface area (Å²) in [5.74, 6) is 0.360. The average molecular weight is 603 g/mol. The lowest BCUT2D eigenvalue weighted by Crippen LogP contribution is -2.49. The molecule has 2 N–H and O–H groups in total. The van der Waals surface area contributed by atoms with Crippen molar-refractivity contribution in [3.05, 3.63) is 58.1 Å². The van der Waals surface area contributed by atoms with Crippen molar-refractivity contribution in [1.82, 2.24) is 4.72 Å². The Bertz CT molecular complexity index is 1380. The number of anilines is 1. The molecule has 9 heteroatoms. The Hall–Kier alpha value is -2.29. The van der Waals surface area contributed by atoms with E-state index in [0.29, 0.717) is 36.1 Å². The Kier molecular flexibility index (Phi) is 8.93. The predicted molar refractivity (Wildman–Crippen MR) is 163 cm³/mol. The van der Waals surface area contributed by atoms with Gasteiger partial charge in [-0.05, 0) is 118 Å². The number of carbonyl (C=O) groups is 1. The van der Waals surface area contributed by atoms with E-state index in [4.69, 9.17) is 16.3 Å². The normalized spacial score (nSPS) is 30.9. The minimum atomic E-state index is -3.89. The van der Waals surface area contributed by atoms with Crippen molar-refractivity contribution >= 4 is 33.2 Å². The first-order valence-electron chi connectivity index (χ1n) is 15.0. The molecule has 1 saturated carbocycles. The summed E-state index contributed by atoms with van der Waals surface area (Å²) < 4.78 is 35.1. The van der Waals surface area contributed by atoms with Crippen LogP contribution in [-0.2, 0) is 23.1 Å². The van der Waals surface area contributed by atoms with Gasteiger partial charge >= 0.3 is 0 Å². The number of aliphatic hydroxyl groups is 1. The minimum Gasteiger partial charge on any atom is -0.487 e. The predicted octanol–water partition coefficient (Wildman–Crippen LogP) is 6.11. The highest BCUT2D eigenvalue weighted by atomic mass is 35.5. The zero-order chi connectivity index (χ0) is 29.4. The maximum Gasteiger partial charge on any atom is 0.264 e. The van der Waals surface area contributed by atoms with Crippen LogP contribution in [0, 0.1) is 17.8 Å². The number of halogens is 1. The molecule has 5 atom stereocenters. The number of fused-ring (bicyclic) bond motifs is 3. The molecule has 1 aliphatic carbocycles. The lowest BCUT2D eigenvalue weighted by molar-refractivity contribution is -0.0745. The SMILES string of the molecule is C[C@@H]1[C@@H](C)CCC[C@@](C)(O)[C@@H]2CC[C@H]2CN2CCCCc3cc(Cl)ccc3COc3ccc(cc32)C(=O)NS1(=O)=O. The van der Waals surface area contributed by atoms with Crippen molar-refractivity contribution in [3.8, 4) is 5.75 Å². The van der Waals surface area contributed by atoms with Crippen molar-refractivity contribution in [2.45, 2.75) is 89.6 Å². The van der Waals surface area contributed by atoms with Crippen LogP contribution in [-0.4, -0.2) is 43.4 Å². The molecular formula is C32H43ClN2O5S. The third-order valence-corrected chi connectivity index (χ3v) is 11.9. The number of ether oxygens (including phenoxy) is 1. The number of benzene rings is 2. The number of rotatable bonds is 0. The number of amides is 1. The molecule has 1 fully saturated rings. The quantitative estimate of drug-likeness (QED) is 0.378. The van der Waals surface area contributed by atoms with Crippen molar-refractivity contribution in [2.75, 3.05) is 18.0 Å². The van der Waals surface area contributed by atoms with Gasteiger partial charge in [-0.2, -0.15) is 0 Å². The molecule has 0 saturated heterocycles. The highest BCUT2D eigenvalue weighted by Gasteiger charge is 2.44. The fraction of sp³-hybridized carbons (Fsp3) is 0.594. The number of hydrogen-bond donors (Lipinski definition) is 2. The van der Waals surface area contributed by atoms with E-state index in [-0.39, 0.29) is 17.4 Å². The highest BCUT2D eigenvalue weighted by Crippen LogP contribution is 2.46. The molecule has 41 heavy (non-hydrogen) atoms. The third-order valence-electron chi connectivity index (χ3n) is 9.78. The van der Waals surface area contributed by atoms with Crippen LogP contribution in [0.5, 0.6) is 5.75 Å². The van der Waals surface area contributed by atoms with E-state index in [1.807, 2.05) is 32.0 Å². The van der Waals surface area contributed by atoms with Gasteiger partial charge in [-0.3, -0.25) is 4.79 Å². The van der Waals surface area contributed by atoms with Crippen LogP contribution >= 0.6 is 11.6 Å². The summed E-state index contributed by atoms with van der Waals surface area (Å²) in [5, 5.41) is 11.5. The van der Waals surface area contributed by atoms with Crippen LogP contribution in [0.1, 0.15) is 87.2 Å². The number of aryl methyl sites for hydroxylation is 1. The van der Waals surface area contributed by atoms with Crippen LogP contribution in [0.25, 0.3) is 0 Å². The molecule has 2 aliphatic heterocycles. The molecule has 2 aromatic rings. The second-order valence-electron chi connectivity index (χ2n) is 12.6. The Morgan fingerprint density at radius 3 is 2.61 bits per heavy atom. The van der Waals surface area contributed by atoms with Gasteiger partial charge in [0.2, 0.25) is 10.0 Å². The maximum atomic E-state index is 13.3. The first-order valence-corrected chi connectivity index (χ1v) is 16.9.